The fraction of sp³-hybridized carbons (Fsp3) is 0.875. The van der Waals surface area contributed by atoms with Crippen LogP contribution in [0.25, 0.3) is 0 Å². The van der Waals surface area contributed by atoms with Gasteiger partial charge in [0.15, 0.2) is 0 Å². The first-order valence-electron chi connectivity index (χ1n) is 31.2. The fourth-order valence-electron chi connectivity index (χ4n) is 9.59. The van der Waals surface area contributed by atoms with Crippen LogP contribution in [-0.2, 0) is 14.3 Å². The predicted molar refractivity (Wildman–Crippen MR) is 306 cm³/mol. The van der Waals surface area contributed by atoms with Gasteiger partial charge in [-0.2, -0.15) is 0 Å². The molecule has 0 fully saturated rings. The first kappa shape index (κ1) is 68.1. The molecule has 2 unspecified atom stereocenters. The van der Waals surface area contributed by atoms with Gasteiger partial charge in [0.2, 0.25) is 5.91 Å². The van der Waals surface area contributed by atoms with Crippen LogP contribution in [0.3, 0.4) is 0 Å². The van der Waals surface area contributed by atoms with Crippen molar-refractivity contribution in [3.05, 3.63) is 36.5 Å². The summed E-state index contributed by atoms with van der Waals surface area (Å²) in [4.78, 5) is 24.6. The Morgan fingerprint density at radius 1 is 0.400 bits per heavy atom. The molecule has 0 aliphatic rings. The largest absolute Gasteiger partial charge is 0.466 e. The Morgan fingerprint density at radius 3 is 1.14 bits per heavy atom. The summed E-state index contributed by atoms with van der Waals surface area (Å²) in [6, 6.07) is -0.550. The standard InChI is InChI=1S/C64H121NO5/c1-3-5-7-9-11-13-15-17-19-20-21-23-26-29-32-36-40-44-48-52-56-62(67)61(60-66)65-63(68)57-53-49-45-41-37-33-30-27-24-22-25-28-31-35-39-43-47-51-55-59-70-64(69)58-54-50-46-42-38-34-18-16-14-12-10-8-6-4-2/h10,12,16,18,22,24,61-62,66-67H,3-9,11,13-15,17,19-21,23,25-60H2,1-2H3,(H,65,68)/b12-10-,18-16-,24-22-. The van der Waals surface area contributed by atoms with E-state index in [0.717, 1.165) is 57.8 Å². The second kappa shape index (κ2) is 59.6. The molecule has 0 aliphatic heterocycles. The topological polar surface area (TPSA) is 95.9 Å². The lowest BCUT2D eigenvalue weighted by atomic mass is 10.0. The zero-order valence-corrected chi connectivity index (χ0v) is 47.0. The van der Waals surface area contributed by atoms with Crippen molar-refractivity contribution < 1.29 is 24.5 Å². The molecule has 2 atom stereocenters. The van der Waals surface area contributed by atoms with E-state index in [1.165, 1.54) is 244 Å². The number of carbonyl (C=O) groups excluding carboxylic acids is 2. The predicted octanol–water partition coefficient (Wildman–Crippen LogP) is 19.6. The molecule has 0 aromatic carbocycles. The van der Waals surface area contributed by atoms with Crippen LogP contribution in [0, 0.1) is 0 Å². The number of esters is 1. The molecule has 70 heavy (non-hydrogen) atoms. The highest BCUT2D eigenvalue weighted by Gasteiger charge is 2.20. The number of nitrogens with one attached hydrogen (secondary N) is 1. The fourth-order valence-corrected chi connectivity index (χ4v) is 9.59. The van der Waals surface area contributed by atoms with Crippen LogP contribution in [0.15, 0.2) is 36.5 Å². The highest BCUT2D eigenvalue weighted by atomic mass is 16.5. The molecule has 412 valence electrons. The normalized spacial score (nSPS) is 12.8. The van der Waals surface area contributed by atoms with Gasteiger partial charge in [-0.15, -0.1) is 0 Å². The van der Waals surface area contributed by atoms with Gasteiger partial charge in [0.05, 0.1) is 25.4 Å². The van der Waals surface area contributed by atoms with Crippen molar-refractivity contribution in [3.63, 3.8) is 0 Å². The van der Waals surface area contributed by atoms with E-state index in [0.29, 0.717) is 25.9 Å². The minimum atomic E-state index is -0.672. The highest BCUT2D eigenvalue weighted by molar-refractivity contribution is 5.76. The van der Waals surface area contributed by atoms with Crippen molar-refractivity contribution >= 4 is 11.9 Å². The number of amides is 1. The van der Waals surface area contributed by atoms with E-state index in [4.69, 9.17) is 4.74 Å². The number of carbonyl (C=O) groups is 2. The molecule has 0 rings (SSSR count). The number of aliphatic hydroxyl groups excluding tert-OH is 2. The Labute approximate surface area is 436 Å². The van der Waals surface area contributed by atoms with E-state index < -0.39 is 12.1 Å². The molecular weight excluding hydrogens is 863 g/mol. The third kappa shape index (κ3) is 55.4. The van der Waals surface area contributed by atoms with E-state index in [1.54, 1.807) is 0 Å². The van der Waals surface area contributed by atoms with Gasteiger partial charge < -0.3 is 20.3 Å². The van der Waals surface area contributed by atoms with Gasteiger partial charge in [-0.25, -0.2) is 0 Å². The molecule has 0 aromatic rings. The number of ether oxygens (including phenoxy) is 1. The van der Waals surface area contributed by atoms with Crippen molar-refractivity contribution in [1.82, 2.24) is 5.32 Å². The molecular formula is C64H121NO5. The van der Waals surface area contributed by atoms with Crippen LogP contribution in [0.4, 0.5) is 0 Å². The number of hydrogen-bond donors (Lipinski definition) is 3. The summed E-state index contributed by atoms with van der Waals surface area (Å²) < 4.78 is 5.47. The van der Waals surface area contributed by atoms with Crippen LogP contribution in [0.1, 0.15) is 335 Å². The second-order valence-corrected chi connectivity index (χ2v) is 21.4. The Bertz CT molecular complexity index is 1130. The maximum Gasteiger partial charge on any atom is 0.305 e. The van der Waals surface area contributed by atoms with Gasteiger partial charge >= 0.3 is 5.97 Å². The molecule has 1 amide bonds. The van der Waals surface area contributed by atoms with E-state index >= 15 is 0 Å². The quantitative estimate of drug-likeness (QED) is 0.0321. The summed E-state index contributed by atoms with van der Waals surface area (Å²) in [7, 11) is 0. The van der Waals surface area contributed by atoms with Crippen molar-refractivity contribution in [2.24, 2.45) is 0 Å². The van der Waals surface area contributed by atoms with E-state index in [1.807, 2.05) is 0 Å². The number of rotatable bonds is 58. The Kier molecular flexibility index (Phi) is 58.0. The monoisotopic (exact) mass is 984 g/mol. The lowest BCUT2D eigenvalue weighted by molar-refractivity contribution is -0.143. The minimum absolute atomic E-state index is 0.0104. The van der Waals surface area contributed by atoms with Gasteiger partial charge in [0.1, 0.15) is 0 Å². The lowest BCUT2D eigenvalue weighted by Gasteiger charge is -2.22. The number of aliphatic hydroxyl groups is 2. The number of hydrogen-bond acceptors (Lipinski definition) is 5. The molecule has 0 spiro atoms. The minimum Gasteiger partial charge on any atom is -0.466 e. The van der Waals surface area contributed by atoms with Gasteiger partial charge in [-0.05, 0) is 77.0 Å². The van der Waals surface area contributed by atoms with Gasteiger partial charge in [0, 0.05) is 12.8 Å². The first-order chi connectivity index (χ1) is 34.5. The molecule has 6 nitrogen and oxygen atoms in total. The SMILES string of the molecule is CCCC/C=C\C/C=C\CCCCCCCC(=O)OCCCCCCCCCC/C=C\CCCCCCCCCC(=O)NC(CO)C(O)CCCCCCCCCCCCCCCCCCCCCC. The number of unbranched alkanes of at least 4 members (excludes halogenated alkanes) is 41. The van der Waals surface area contributed by atoms with Crippen LogP contribution in [0.5, 0.6) is 0 Å². The summed E-state index contributed by atoms with van der Waals surface area (Å²) in [6.45, 7) is 4.91. The third-order valence-electron chi connectivity index (χ3n) is 14.4. The van der Waals surface area contributed by atoms with E-state index in [2.05, 4.69) is 55.6 Å². The molecule has 0 aliphatic carbocycles. The van der Waals surface area contributed by atoms with Crippen molar-refractivity contribution in [2.45, 2.75) is 347 Å². The maximum absolute atomic E-state index is 12.5. The summed E-state index contributed by atoms with van der Waals surface area (Å²) >= 11 is 0. The average molecular weight is 985 g/mol. The smallest absolute Gasteiger partial charge is 0.305 e. The zero-order chi connectivity index (χ0) is 50.7. The van der Waals surface area contributed by atoms with E-state index in [-0.39, 0.29) is 18.5 Å². The molecule has 0 saturated heterocycles. The second-order valence-electron chi connectivity index (χ2n) is 21.4. The van der Waals surface area contributed by atoms with Gasteiger partial charge in [0.25, 0.3) is 0 Å². The van der Waals surface area contributed by atoms with Crippen LogP contribution < -0.4 is 5.32 Å². The Balaban J connectivity index is 3.45. The summed E-state index contributed by atoms with van der Waals surface area (Å²) in [6.07, 6.45) is 74.3. The maximum atomic E-state index is 12.5. The molecule has 3 N–H and O–H groups in total. The molecule has 0 radical (unpaired) electrons. The molecule has 0 heterocycles. The summed E-state index contributed by atoms with van der Waals surface area (Å²) in [5.41, 5.74) is 0. The number of allylic oxidation sites excluding steroid dienone is 6. The van der Waals surface area contributed by atoms with Gasteiger partial charge in [-0.1, -0.05) is 281 Å². The average Bonchev–Trinajstić information content (AvgIpc) is 3.36. The van der Waals surface area contributed by atoms with Crippen molar-refractivity contribution in [2.75, 3.05) is 13.2 Å². The third-order valence-corrected chi connectivity index (χ3v) is 14.4. The zero-order valence-electron chi connectivity index (χ0n) is 47.0. The lowest BCUT2D eigenvalue weighted by Crippen LogP contribution is -2.45. The van der Waals surface area contributed by atoms with Gasteiger partial charge in [-0.3, -0.25) is 9.59 Å². The van der Waals surface area contributed by atoms with Crippen LogP contribution >= 0.6 is 0 Å². The molecule has 0 saturated carbocycles. The summed E-state index contributed by atoms with van der Waals surface area (Å²) in [5, 5.41) is 23.4. The molecule has 6 heteroatoms. The molecule has 0 aromatic heterocycles. The van der Waals surface area contributed by atoms with Crippen molar-refractivity contribution in [1.29, 1.82) is 0 Å². The highest BCUT2D eigenvalue weighted by Crippen LogP contribution is 2.17. The van der Waals surface area contributed by atoms with E-state index in [9.17, 15) is 19.8 Å². The Morgan fingerprint density at radius 2 is 0.729 bits per heavy atom. The van der Waals surface area contributed by atoms with Crippen molar-refractivity contribution in [3.8, 4) is 0 Å². The first-order valence-corrected chi connectivity index (χ1v) is 31.2. The molecule has 0 bridgehead atoms. The van der Waals surface area contributed by atoms with Crippen LogP contribution in [0.2, 0.25) is 0 Å². The summed E-state index contributed by atoms with van der Waals surface area (Å²) in [5.74, 6) is -0.0528. The van der Waals surface area contributed by atoms with Crippen LogP contribution in [-0.4, -0.2) is 47.4 Å². The Hall–Kier alpha value is -1.92.